The van der Waals surface area contributed by atoms with Gasteiger partial charge in [-0.25, -0.2) is 4.98 Å². The predicted octanol–water partition coefficient (Wildman–Crippen LogP) is 5.15. The molecule has 29 heavy (non-hydrogen) atoms. The SMILES string of the molecule is COc1ccc([C@H](c2ccccc2)C(C)(C)C(=O)Nc2nccs2)cc1C(C)=O. The lowest BCUT2D eigenvalue weighted by molar-refractivity contribution is -0.124. The lowest BCUT2D eigenvalue weighted by atomic mass is 9.70. The molecule has 0 fully saturated rings. The van der Waals surface area contributed by atoms with Gasteiger partial charge in [0.05, 0.1) is 18.1 Å². The molecule has 150 valence electrons. The fourth-order valence-electron chi connectivity index (χ4n) is 3.53. The van der Waals surface area contributed by atoms with Gasteiger partial charge in [-0.3, -0.25) is 9.59 Å². The Morgan fingerprint density at radius 1 is 1.10 bits per heavy atom. The molecular weight excluding hydrogens is 384 g/mol. The molecule has 6 heteroatoms. The molecule has 1 amide bonds. The van der Waals surface area contributed by atoms with E-state index in [0.29, 0.717) is 16.4 Å². The normalized spacial score (nSPS) is 12.3. The number of ether oxygens (including phenoxy) is 1. The zero-order valence-electron chi connectivity index (χ0n) is 16.9. The van der Waals surface area contributed by atoms with Gasteiger partial charge in [0.1, 0.15) is 5.75 Å². The lowest BCUT2D eigenvalue weighted by Crippen LogP contribution is -2.37. The van der Waals surface area contributed by atoms with Crippen LogP contribution in [0.4, 0.5) is 5.13 Å². The molecule has 1 atom stereocenters. The highest BCUT2D eigenvalue weighted by atomic mass is 32.1. The fourth-order valence-corrected chi connectivity index (χ4v) is 4.05. The molecule has 3 aromatic rings. The molecule has 3 rings (SSSR count). The summed E-state index contributed by atoms with van der Waals surface area (Å²) >= 11 is 1.38. The van der Waals surface area contributed by atoms with Crippen LogP contribution in [-0.4, -0.2) is 23.8 Å². The van der Waals surface area contributed by atoms with Crippen LogP contribution in [0.15, 0.2) is 60.1 Å². The van der Waals surface area contributed by atoms with Gasteiger partial charge in [0.15, 0.2) is 10.9 Å². The highest BCUT2D eigenvalue weighted by Gasteiger charge is 2.39. The first-order chi connectivity index (χ1) is 13.8. The lowest BCUT2D eigenvalue weighted by Gasteiger charge is -2.34. The average Bonchev–Trinajstić information content (AvgIpc) is 3.21. The predicted molar refractivity (Wildman–Crippen MR) is 116 cm³/mol. The molecular formula is C23H24N2O3S. The second kappa shape index (κ2) is 8.57. The van der Waals surface area contributed by atoms with Gasteiger partial charge in [-0.15, -0.1) is 11.3 Å². The topological polar surface area (TPSA) is 68.3 Å². The van der Waals surface area contributed by atoms with Crippen LogP contribution in [0.3, 0.4) is 0 Å². The summed E-state index contributed by atoms with van der Waals surface area (Å²) in [5.41, 5.74) is 1.56. The molecule has 0 saturated heterocycles. The summed E-state index contributed by atoms with van der Waals surface area (Å²) in [7, 11) is 1.54. The van der Waals surface area contributed by atoms with Gasteiger partial charge < -0.3 is 10.1 Å². The molecule has 0 saturated carbocycles. The summed E-state index contributed by atoms with van der Waals surface area (Å²) in [6, 6.07) is 15.4. The summed E-state index contributed by atoms with van der Waals surface area (Å²) < 4.78 is 5.34. The number of rotatable bonds is 7. The van der Waals surface area contributed by atoms with E-state index in [2.05, 4.69) is 10.3 Å². The Labute approximate surface area is 174 Å². The number of hydrogen-bond acceptors (Lipinski definition) is 5. The van der Waals surface area contributed by atoms with Crippen molar-refractivity contribution < 1.29 is 14.3 Å². The van der Waals surface area contributed by atoms with Crippen molar-refractivity contribution in [3.8, 4) is 5.75 Å². The van der Waals surface area contributed by atoms with E-state index in [1.54, 1.807) is 19.4 Å². The number of aromatic nitrogens is 1. The third-order valence-electron chi connectivity index (χ3n) is 5.03. The minimum absolute atomic E-state index is 0.0828. The highest BCUT2D eigenvalue weighted by molar-refractivity contribution is 7.13. The van der Waals surface area contributed by atoms with Gasteiger partial charge in [-0.1, -0.05) is 50.2 Å². The number of Topliss-reactive ketones (excluding diaryl/α,β-unsaturated/α-hetero) is 1. The Kier molecular flexibility index (Phi) is 6.13. The molecule has 1 N–H and O–H groups in total. The van der Waals surface area contributed by atoms with Crippen LogP contribution in [0.1, 0.15) is 48.2 Å². The summed E-state index contributed by atoms with van der Waals surface area (Å²) in [4.78, 5) is 29.6. The average molecular weight is 409 g/mol. The number of nitrogens with zero attached hydrogens (tertiary/aromatic N) is 1. The van der Waals surface area contributed by atoms with Crippen molar-refractivity contribution in [1.82, 2.24) is 4.98 Å². The molecule has 5 nitrogen and oxygen atoms in total. The van der Waals surface area contributed by atoms with Crippen molar-refractivity contribution in [2.24, 2.45) is 5.41 Å². The van der Waals surface area contributed by atoms with Crippen LogP contribution in [0.25, 0.3) is 0 Å². The Balaban J connectivity index is 2.09. The van der Waals surface area contributed by atoms with Crippen molar-refractivity contribution in [2.45, 2.75) is 26.7 Å². The standard InChI is InChI=1S/C23H24N2O3S/c1-15(26)18-14-17(10-11-19(18)28-4)20(16-8-6-5-7-9-16)23(2,3)21(27)25-22-24-12-13-29-22/h5-14,20H,1-4H3,(H,24,25,27)/t20-/m0/s1. The number of anilines is 1. The van der Waals surface area contributed by atoms with Gasteiger partial charge in [-0.2, -0.15) is 0 Å². The quantitative estimate of drug-likeness (QED) is 0.549. The number of amides is 1. The van der Waals surface area contributed by atoms with Crippen LogP contribution in [-0.2, 0) is 4.79 Å². The monoisotopic (exact) mass is 408 g/mol. The van der Waals surface area contributed by atoms with E-state index in [-0.39, 0.29) is 17.6 Å². The number of ketones is 1. The zero-order valence-corrected chi connectivity index (χ0v) is 17.7. The first kappa shape index (κ1) is 20.7. The van der Waals surface area contributed by atoms with Crippen LogP contribution in [0.2, 0.25) is 0 Å². The van der Waals surface area contributed by atoms with Crippen molar-refractivity contribution in [3.05, 3.63) is 76.8 Å². The third kappa shape index (κ3) is 4.38. The number of thiazole rings is 1. The van der Waals surface area contributed by atoms with E-state index in [4.69, 9.17) is 4.74 Å². The number of hydrogen-bond donors (Lipinski definition) is 1. The number of carbonyl (C=O) groups is 2. The molecule has 0 aliphatic rings. The molecule has 0 aliphatic heterocycles. The maximum atomic E-state index is 13.2. The molecule has 2 aromatic carbocycles. The maximum Gasteiger partial charge on any atom is 0.232 e. The summed E-state index contributed by atoms with van der Waals surface area (Å²) in [6.07, 6.45) is 1.66. The Morgan fingerprint density at radius 3 is 2.41 bits per heavy atom. The largest absolute Gasteiger partial charge is 0.496 e. The smallest absolute Gasteiger partial charge is 0.232 e. The third-order valence-corrected chi connectivity index (χ3v) is 5.72. The number of nitrogens with one attached hydrogen (secondary N) is 1. The van der Waals surface area contributed by atoms with E-state index in [1.807, 2.05) is 61.7 Å². The summed E-state index contributed by atoms with van der Waals surface area (Å²) in [5.74, 6) is 0.0350. The van der Waals surface area contributed by atoms with Crippen LogP contribution < -0.4 is 10.1 Å². The van der Waals surface area contributed by atoms with E-state index < -0.39 is 5.41 Å². The van der Waals surface area contributed by atoms with Gasteiger partial charge >= 0.3 is 0 Å². The Bertz CT molecular complexity index is 998. The molecule has 0 bridgehead atoms. The Morgan fingerprint density at radius 2 is 1.83 bits per heavy atom. The van der Waals surface area contributed by atoms with Crippen molar-refractivity contribution >= 4 is 28.2 Å². The number of methoxy groups -OCH3 is 1. The fraction of sp³-hybridized carbons (Fsp3) is 0.261. The van der Waals surface area contributed by atoms with Crippen molar-refractivity contribution in [1.29, 1.82) is 0 Å². The Hall–Kier alpha value is -2.99. The molecule has 0 unspecified atom stereocenters. The molecule has 1 aromatic heterocycles. The molecule has 0 radical (unpaired) electrons. The summed E-state index contributed by atoms with van der Waals surface area (Å²) in [6.45, 7) is 5.33. The van der Waals surface area contributed by atoms with Crippen LogP contribution in [0, 0.1) is 5.41 Å². The van der Waals surface area contributed by atoms with E-state index in [0.717, 1.165) is 11.1 Å². The van der Waals surface area contributed by atoms with E-state index in [1.165, 1.54) is 18.3 Å². The minimum atomic E-state index is -0.810. The van der Waals surface area contributed by atoms with Crippen LogP contribution in [0.5, 0.6) is 5.75 Å². The highest BCUT2D eigenvalue weighted by Crippen LogP contribution is 2.43. The first-order valence-corrected chi connectivity index (χ1v) is 10.2. The van der Waals surface area contributed by atoms with Gasteiger partial charge in [-0.05, 0) is 30.2 Å². The van der Waals surface area contributed by atoms with Gasteiger partial charge in [0.2, 0.25) is 5.91 Å². The van der Waals surface area contributed by atoms with E-state index in [9.17, 15) is 9.59 Å². The van der Waals surface area contributed by atoms with Crippen LogP contribution >= 0.6 is 11.3 Å². The molecule has 1 heterocycles. The second-order valence-electron chi connectivity index (χ2n) is 7.37. The number of benzene rings is 2. The summed E-state index contributed by atoms with van der Waals surface area (Å²) in [5, 5.41) is 5.30. The van der Waals surface area contributed by atoms with E-state index >= 15 is 0 Å². The van der Waals surface area contributed by atoms with Gasteiger partial charge in [0.25, 0.3) is 0 Å². The van der Waals surface area contributed by atoms with Gasteiger partial charge in [0, 0.05) is 17.5 Å². The first-order valence-electron chi connectivity index (χ1n) is 9.29. The maximum absolute atomic E-state index is 13.2. The zero-order chi connectivity index (χ0) is 21.0. The molecule has 0 spiro atoms. The second-order valence-corrected chi connectivity index (χ2v) is 8.27. The molecule has 0 aliphatic carbocycles. The minimum Gasteiger partial charge on any atom is -0.496 e. The van der Waals surface area contributed by atoms with Crippen molar-refractivity contribution in [2.75, 3.05) is 12.4 Å². The van der Waals surface area contributed by atoms with Crippen molar-refractivity contribution in [3.63, 3.8) is 0 Å². The number of carbonyl (C=O) groups excluding carboxylic acids is 2.